The van der Waals surface area contributed by atoms with Crippen LogP contribution in [0, 0.1) is 17.3 Å². The third-order valence-electron chi connectivity index (χ3n) is 7.67. The van der Waals surface area contributed by atoms with Gasteiger partial charge in [0.05, 0.1) is 12.2 Å². The Balaban J connectivity index is 1.71. The summed E-state index contributed by atoms with van der Waals surface area (Å²) in [5.74, 6) is 2.73. The summed E-state index contributed by atoms with van der Waals surface area (Å²) in [4.78, 5) is 0. The quantitative estimate of drug-likeness (QED) is 0.845. The van der Waals surface area contributed by atoms with Gasteiger partial charge < -0.3 is 14.9 Å². The van der Waals surface area contributed by atoms with E-state index in [-0.39, 0.29) is 11.2 Å². The Morgan fingerprint density at radius 1 is 1.17 bits per heavy atom. The number of hydrogen-bond donors (Lipinski definition) is 2. The predicted molar refractivity (Wildman–Crippen MR) is 94.5 cm³/mol. The van der Waals surface area contributed by atoms with Gasteiger partial charge in [0.15, 0.2) is 11.5 Å². The first-order valence-electron chi connectivity index (χ1n) is 9.58. The molecule has 3 heteroatoms. The Morgan fingerprint density at radius 3 is 2.71 bits per heavy atom. The molecule has 0 radical (unpaired) electrons. The maximum atomic E-state index is 10.9. The molecule has 132 valence electrons. The summed E-state index contributed by atoms with van der Waals surface area (Å²) in [7, 11) is 0. The molecule has 5 atom stereocenters. The van der Waals surface area contributed by atoms with E-state index in [1.807, 2.05) is 13.0 Å². The molecule has 24 heavy (non-hydrogen) atoms. The molecule has 2 saturated carbocycles. The average molecular weight is 330 g/mol. The topological polar surface area (TPSA) is 49.7 Å². The highest BCUT2D eigenvalue weighted by Gasteiger charge is 2.59. The summed E-state index contributed by atoms with van der Waals surface area (Å²) < 4.78 is 5.63. The lowest BCUT2D eigenvalue weighted by Gasteiger charge is -2.52. The van der Waals surface area contributed by atoms with E-state index in [2.05, 4.69) is 19.9 Å². The van der Waals surface area contributed by atoms with Crippen LogP contribution in [-0.2, 0) is 6.42 Å². The summed E-state index contributed by atoms with van der Waals surface area (Å²) in [6.07, 6.45) is 6.53. The van der Waals surface area contributed by atoms with Gasteiger partial charge in [0.2, 0.25) is 0 Å². The molecule has 1 aromatic rings. The fourth-order valence-corrected chi connectivity index (χ4v) is 6.10. The number of phenolic OH excluding ortho intramolecular Hbond substituents is 1. The number of fused-ring (bicyclic) bond motifs is 5. The molecule has 0 saturated heterocycles. The molecule has 0 aromatic heterocycles. The lowest BCUT2D eigenvalue weighted by atomic mass is 9.53. The van der Waals surface area contributed by atoms with Crippen LogP contribution in [0.25, 0.3) is 0 Å². The minimum atomic E-state index is -0.519. The highest BCUT2D eigenvalue weighted by atomic mass is 16.5. The molecule has 0 aliphatic heterocycles. The first kappa shape index (κ1) is 16.3. The molecule has 4 rings (SSSR count). The van der Waals surface area contributed by atoms with E-state index in [0.29, 0.717) is 30.1 Å². The van der Waals surface area contributed by atoms with E-state index in [1.165, 1.54) is 17.5 Å². The summed E-state index contributed by atoms with van der Waals surface area (Å²) >= 11 is 0. The Bertz CT molecular complexity index is 651. The molecule has 3 aliphatic rings. The number of hydrogen-bond acceptors (Lipinski definition) is 3. The second kappa shape index (κ2) is 5.39. The first-order valence-corrected chi connectivity index (χ1v) is 9.58. The van der Waals surface area contributed by atoms with Gasteiger partial charge in [0, 0.05) is 0 Å². The first-order chi connectivity index (χ1) is 11.4. The Hall–Kier alpha value is -1.22. The van der Waals surface area contributed by atoms with E-state index in [1.54, 1.807) is 0 Å². The predicted octanol–water partition coefficient (Wildman–Crippen LogP) is 4.40. The molecule has 0 amide bonds. The Labute approximate surface area is 145 Å². The van der Waals surface area contributed by atoms with E-state index < -0.39 is 5.60 Å². The molecule has 3 aliphatic carbocycles. The van der Waals surface area contributed by atoms with E-state index in [0.717, 1.165) is 32.1 Å². The standard InChI is InChI=1S/C21H30O3/c1-4-24-19-12-16-13(11-18(19)22)5-6-15-14(16)7-9-20(2)17(15)8-10-21(20,3)23/h11-12,14-15,17,22-23H,4-10H2,1-3H3/t14-,15+,17-,20-,21-/m0/s1. The zero-order valence-corrected chi connectivity index (χ0v) is 15.1. The molecule has 0 unspecified atom stereocenters. The van der Waals surface area contributed by atoms with Gasteiger partial charge in [0.25, 0.3) is 0 Å². The van der Waals surface area contributed by atoms with Crippen molar-refractivity contribution in [2.24, 2.45) is 17.3 Å². The summed E-state index contributed by atoms with van der Waals surface area (Å²) in [5.41, 5.74) is 2.23. The Morgan fingerprint density at radius 2 is 1.96 bits per heavy atom. The molecule has 0 bridgehead atoms. The van der Waals surface area contributed by atoms with Crippen LogP contribution in [-0.4, -0.2) is 22.4 Å². The number of phenols is 1. The van der Waals surface area contributed by atoms with Crippen molar-refractivity contribution in [2.45, 2.75) is 70.8 Å². The zero-order valence-electron chi connectivity index (χ0n) is 15.1. The number of aromatic hydroxyl groups is 1. The van der Waals surface area contributed by atoms with Gasteiger partial charge in [-0.25, -0.2) is 0 Å². The lowest BCUT2D eigenvalue weighted by Crippen LogP contribution is -2.49. The van der Waals surface area contributed by atoms with E-state index in [9.17, 15) is 10.2 Å². The maximum Gasteiger partial charge on any atom is 0.161 e. The van der Waals surface area contributed by atoms with E-state index >= 15 is 0 Å². The van der Waals surface area contributed by atoms with Crippen LogP contribution in [0.2, 0.25) is 0 Å². The van der Waals surface area contributed by atoms with Gasteiger partial charge in [-0.1, -0.05) is 6.92 Å². The molecule has 0 spiro atoms. The van der Waals surface area contributed by atoms with Gasteiger partial charge in [-0.15, -0.1) is 0 Å². The van der Waals surface area contributed by atoms with Gasteiger partial charge >= 0.3 is 0 Å². The van der Waals surface area contributed by atoms with Crippen LogP contribution in [0.4, 0.5) is 0 Å². The fraction of sp³-hybridized carbons (Fsp3) is 0.714. The van der Waals surface area contributed by atoms with Crippen molar-refractivity contribution in [3.05, 3.63) is 23.3 Å². The second-order valence-electron chi connectivity index (χ2n) is 8.64. The zero-order chi connectivity index (χ0) is 17.1. The van der Waals surface area contributed by atoms with Gasteiger partial charge in [0.1, 0.15) is 0 Å². The number of rotatable bonds is 2. The summed E-state index contributed by atoms with van der Waals surface area (Å²) in [5, 5.41) is 21.1. The van der Waals surface area contributed by atoms with Crippen molar-refractivity contribution >= 4 is 0 Å². The molecule has 1 aromatic carbocycles. The maximum absolute atomic E-state index is 10.9. The van der Waals surface area contributed by atoms with Gasteiger partial charge in [-0.05, 0) is 98.8 Å². The summed E-state index contributed by atoms with van der Waals surface area (Å²) in [6.45, 7) is 6.90. The number of aryl methyl sites for hydroxylation is 1. The molecule has 2 N–H and O–H groups in total. The molecule has 2 fully saturated rings. The SMILES string of the molecule is CCOc1cc2c(cc1O)CC[C@@H]1[C@@H]2CC[C@@]2(C)[C@H]1CC[C@]2(C)O. The average Bonchev–Trinajstić information content (AvgIpc) is 2.78. The molecular formula is C21H30O3. The van der Waals surface area contributed by atoms with Crippen molar-refractivity contribution in [3.63, 3.8) is 0 Å². The minimum absolute atomic E-state index is 0.0609. The molecule has 0 heterocycles. The summed E-state index contributed by atoms with van der Waals surface area (Å²) in [6, 6.07) is 4.02. The molecule has 3 nitrogen and oxygen atoms in total. The van der Waals surface area contributed by atoms with Crippen LogP contribution in [0.15, 0.2) is 12.1 Å². The van der Waals surface area contributed by atoms with Gasteiger partial charge in [-0.3, -0.25) is 0 Å². The van der Waals surface area contributed by atoms with Crippen LogP contribution < -0.4 is 4.74 Å². The second-order valence-corrected chi connectivity index (χ2v) is 8.64. The smallest absolute Gasteiger partial charge is 0.161 e. The monoisotopic (exact) mass is 330 g/mol. The minimum Gasteiger partial charge on any atom is -0.504 e. The van der Waals surface area contributed by atoms with Crippen LogP contribution in [0.5, 0.6) is 11.5 Å². The van der Waals surface area contributed by atoms with Crippen molar-refractivity contribution < 1.29 is 14.9 Å². The third-order valence-corrected chi connectivity index (χ3v) is 7.67. The van der Waals surface area contributed by atoms with Gasteiger partial charge in [-0.2, -0.15) is 0 Å². The van der Waals surface area contributed by atoms with Crippen molar-refractivity contribution in [3.8, 4) is 11.5 Å². The largest absolute Gasteiger partial charge is 0.504 e. The third kappa shape index (κ3) is 2.13. The fourth-order valence-electron chi connectivity index (χ4n) is 6.10. The Kier molecular flexibility index (Phi) is 3.65. The van der Waals surface area contributed by atoms with Crippen LogP contribution >= 0.6 is 0 Å². The normalized spacial score (nSPS) is 40.6. The highest BCUT2D eigenvalue weighted by molar-refractivity contribution is 5.49. The van der Waals surface area contributed by atoms with Crippen molar-refractivity contribution in [1.82, 2.24) is 0 Å². The van der Waals surface area contributed by atoms with Crippen LogP contribution in [0.3, 0.4) is 0 Å². The van der Waals surface area contributed by atoms with Crippen molar-refractivity contribution in [2.75, 3.05) is 6.61 Å². The lowest BCUT2D eigenvalue weighted by molar-refractivity contribution is -0.0901. The van der Waals surface area contributed by atoms with E-state index in [4.69, 9.17) is 4.74 Å². The number of benzene rings is 1. The molecular weight excluding hydrogens is 300 g/mol. The van der Waals surface area contributed by atoms with Crippen LogP contribution in [0.1, 0.15) is 69.9 Å². The number of ether oxygens (including phenoxy) is 1. The van der Waals surface area contributed by atoms with Crippen molar-refractivity contribution in [1.29, 1.82) is 0 Å². The number of aliphatic hydroxyl groups is 1. The highest BCUT2D eigenvalue weighted by Crippen LogP contribution is 2.64.